The van der Waals surface area contributed by atoms with Crippen molar-refractivity contribution in [3.05, 3.63) is 23.5 Å². The van der Waals surface area contributed by atoms with Gasteiger partial charge in [0.1, 0.15) is 6.04 Å². The van der Waals surface area contributed by atoms with Gasteiger partial charge < -0.3 is 15.4 Å². The number of halogens is 1. The van der Waals surface area contributed by atoms with Crippen molar-refractivity contribution in [3.8, 4) is 0 Å². The van der Waals surface area contributed by atoms with Gasteiger partial charge in [-0.2, -0.15) is 0 Å². The van der Waals surface area contributed by atoms with Crippen molar-refractivity contribution in [2.75, 3.05) is 11.9 Å². The summed E-state index contributed by atoms with van der Waals surface area (Å²) in [5, 5.41) is 5.54. The van der Waals surface area contributed by atoms with Crippen LogP contribution in [0.15, 0.2) is 18.3 Å². The van der Waals surface area contributed by atoms with Crippen LogP contribution in [0.5, 0.6) is 0 Å². The molecule has 4 aliphatic rings. The fourth-order valence-corrected chi connectivity index (χ4v) is 5.89. The zero-order valence-corrected chi connectivity index (χ0v) is 17.2. The van der Waals surface area contributed by atoms with Crippen molar-refractivity contribution >= 4 is 35.1 Å². The maximum absolute atomic E-state index is 13.0. The Hall–Kier alpha value is -2.15. The fourth-order valence-electron chi connectivity index (χ4n) is 5.72. The van der Waals surface area contributed by atoms with Gasteiger partial charge in [-0.1, -0.05) is 11.6 Å². The maximum Gasteiger partial charge on any atom is 0.328 e. The van der Waals surface area contributed by atoms with E-state index in [2.05, 4.69) is 15.6 Å². The van der Waals surface area contributed by atoms with Crippen LogP contribution in [0.1, 0.15) is 45.4 Å². The molecule has 4 bridgehead atoms. The lowest BCUT2D eigenvalue weighted by Crippen LogP contribution is -2.56. The number of rotatable bonds is 6. The largest absolute Gasteiger partial charge is 0.454 e. The lowest BCUT2D eigenvalue weighted by molar-refractivity contribution is -0.154. The summed E-state index contributed by atoms with van der Waals surface area (Å²) in [5.41, 5.74) is 0.0240. The number of esters is 1. The van der Waals surface area contributed by atoms with Crippen LogP contribution in [0, 0.1) is 23.2 Å². The van der Waals surface area contributed by atoms with Crippen molar-refractivity contribution in [3.63, 3.8) is 0 Å². The fraction of sp³-hybridized carbons (Fsp3) is 0.619. The second-order valence-electron chi connectivity index (χ2n) is 8.89. The van der Waals surface area contributed by atoms with Crippen molar-refractivity contribution < 1.29 is 19.1 Å². The first-order chi connectivity index (χ1) is 13.8. The lowest BCUT2D eigenvalue weighted by Gasteiger charge is -2.55. The number of anilines is 1. The molecule has 0 radical (unpaired) electrons. The molecule has 7 nitrogen and oxygen atoms in total. The zero-order chi connectivity index (χ0) is 20.6. The van der Waals surface area contributed by atoms with E-state index >= 15 is 0 Å². The third-order valence-electron chi connectivity index (χ3n) is 6.60. The first-order valence-electron chi connectivity index (χ1n) is 10.2. The topological polar surface area (TPSA) is 97.4 Å². The molecule has 2 N–H and O–H groups in total. The van der Waals surface area contributed by atoms with Crippen LogP contribution >= 0.6 is 11.6 Å². The first kappa shape index (κ1) is 20.1. The molecule has 4 fully saturated rings. The number of hydrogen-bond donors (Lipinski definition) is 2. The first-order valence-corrected chi connectivity index (χ1v) is 10.6. The highest BCUT2D eigenvalue weighted by Crippen LogP contribution is 2.60. The molecule has 4 saturated carbocycles. The summed E-state index contributed by atoms with van der Waals surface area (Å²) in [4.78, 5) is 41.1. The second kappa shape index (κ2) is 7.94. The van der Waals surface area contributed by atoms with Gasteiger partial charge in [-0.3, -0.25) is 9.59 Å². The molecular formula is C21H26ClN3O4. The Morgan fingerprint density at radius 2 is 1.83 bits per heavy atom. The second-order valence-corrected chi connectivity index (χ2v) is 9.25. The zero-order valence-electron chi connectivity index (χ0n) is 16.4. The summed E-state index contributed by atoms with van der Waals surface area (Å²) in [7, 11) is 0. The molecule has 0 aliphatic heterocycles. The van der Waals surface area contributed by atoms with Crippen LogP contribution in [-0.4, -0.2) is 35.4 Å². The summed E-state index contributed by atoms with van der Waals surface area (Å²) in [6.07, 6.45) is 8.05. The number of carbonyl (C=O) groups is 3. The van der Waals surface area contributed by atoms with Gasteiger partial charge in [0.2, 0.25) is 5.91 Å². The summed E-state index contributed by atoms with van der Waals surface area (Å²) in [6, 6.07) is 2.43. The van der Waals surface area contributed by atoms with Crippen molar-refractivity contribution in [2.45, 2.75) is 51.5 Å². The average Bonchev–Trinajstić information content (AvgIpc) is 2.66. The molecule has 1 aromatic rings. The molecule has 8 heteroatoms. The predicted molar refractivity (Wildman–Crippen MR) is 107 cm³/mol. The Morgan fingerprint density at radius 1 is 1.21 bits per heavy atom. The third-order valence-corrected chi connectivity index (χ3v) is 6.90. The summed E-state index contributed by atoms with van der Waals surface area (Å²) in [6.45, 7) is 1.14. The molecule has 1 aromatic heterocycles. The van der Waals surface area contributed by atoms with Crippen molar-refractivity contribution in [1.82, 2.24) is 10.3 Å². The maximum atomic E-state index is 13.0. The third kappa shape index (κ3) is 4.25. The molecule has 5 rings (SSSR count). The van der Waals surface area contributed by atoms with Gasteiger partial charge in [0, 0.05) is 11.6 Å². The Bertz CT molecular complexity index is 793. The number of carbonyl (C=O) groups excluding carboxylic acids is 3. The molecule has 29 heavy (non-hydrogen) atoms. The summed E-state index contributed by atoms with van der Waals surface area (Å²) >= 11 is 5.89. The molecule has 1 heterocycles. The van der Waals surface area contributed by atoms with Crippen LogP contribution in [0.25, 0.3) is 0 Å². The van der Waals surface area contributed by atoms with Crippen LogP contribution in [0.3, 0.4) is 0 Å². The van der Waals surface area contributed by atoms with E-state index in [1.165, 1.54) is 25.5 Å². The van der Waals surface area contributed by atoms with Gasteiger partial charge in [-0.15, -0.1) is 0 Å². The SMILES string of the molecule is C[C@H](NC(=O)C12CC3CC(CC(C3)C1)C2)C(=O)OCC(=O)Nc1cccnc1Cl. The Kier molecular flexibility index (Phi) is 5.51. The standard InChI is InChI=1S/C21H26ClN3O4/c1-12(19(27)29-11-17(26)25-16-3-2-4-23-18(16)22)24-20(28)21-8-13-5-14(9-21)7-15(6-13)10-21/h2-4,12-15H,5-11H2,1H3,(H,24,28)(H,25,26)/t12-,13?,14?,15?,21?/m0/s1. The van der Waals surface area contributed by atoms with Gasteiger partial charge in [-0.25, -0.2) is 9.78 Å². The molecule has 0 spiro atoms. The highest BCUT2D eigenvalue weighted by Gasteiger charge is 2.54. The number of ether oxygens (including phenoxy) is 1. The van der Waals surface area contributed by atoms with Crippen molar-refractivity contribution in [2.24, 2.45) is 23.2 Å². The van der Waals surface area contributed by atoms with E-state index < -0.39 is 24.5 Å². The Balaban J connectivity index is 1.27. The molecule has 2 amide bonds. The van der Waals surface area contributed by atoms with E-state index in [4.69, 9.17) is 16.3 Å². The molecule has 0 aromatic carbocycles. The van der Waals surface area contributed by atoms with Crippen LogP contribution in [-0.2, 0) is 19.1 Å². The van der Waals surface area contributed by atoms with Crippen LogP contribution in [0.2, 0.25) is 5.15 Å². The quantitative estimate of drug-likeness (QED) is 0.545. The van der Waals surface area contributed by atoms with E-state index in [0.29, 0.717) is 23.4 Å². The Morgan fingerprint density at radius 3 is 2.41 bits per heavy atom. The number of nitrogens with one attached hydrogen (secondary N) is 2. The van der Waals surface area contributed by atoms with E-state index in [1.54, 1.807) is 19.1 Å². The van der Waals surface area contributed by atoms with E-state index in [1.807, 2.05) is 0 Å². The number of amides is 2. The van der Waals surface area contributed by atoms with Crippen molar-refractivity contribution in [1.29, 1.82) is 0 Å². The molecular weight excluding hydrogens is 394 g/mol. The molecule has 0 unspecified atom stereocenters. The van der Waals surface area contributed by atoms with E-state index in [-0.39, 0.29) is 16.5 Å². The van der Waals surface area contributed by atoms with Crippen LogP contribution < -0.4 is 10.6 Å². The average molecular weight is 420 g/mol. The number of aromatic nitrogens is 1. The Labute approximate surface area is 174 Å². The molecule has 156 valence electrons. The number of pyridine rings is 1. The molecule has 4 aliphatic carbocycles. The van der Waals surface area contributed by atoms with E-state index in [0.717, 1.165) is 19.3 Å². The smallest absolute Gasteiger partial charge is 0.328 e. The lowest BCUT2D eigenvalue weighted by atomic mass is 9.49. The minimum absolute atomic E-state index is 0.0346. The monoisotopic (exact) mass is 419 g/mol. The molecule has 0 saturated heterocycles. The van der Waals surface area contributed by atoms with E-state index in [9.17, 15) is 14.4 Å². The minimum atomic E-state index is -0.801. The van der Waals surface area contributed by atoms with Gasteiger partial charge in [0.25, 0.3) is 5.91 Å². The number of hydrogen-bond acceptors (Lipinski definition) is 5. The predicted octanol–water partition coefficient (Wildman–Crippen LogP) is 2.94. The van der Waals surface area contributed by atoms with Gasteiger partial charge in [0.05, 0.1) is 5.69 Å². The summed E-state index contributed by atoms with van der Waals surface area (Å²) < 4.78 is 5.07. The highest BCUT2D eigenvalue weighted by molar-refractivity contribution is 6.32. The molecule has 1 atom stereocenters. The van der Waals surface area contributed by atoms with Gasteiger partial charge >= 0.3 is 5.97 Å². The summed E-state index contributed by atoms with van der Waals surface area (Å²) in [5.74, 6) is 0.766. The van der Waals surface area contributed by atoms with Crippen LogP contribution in [0.4, 0.5) is 5.69 Å². The highest BCUT2D eigenvalue weighted by atomic mass is 35.5. The number of nitrogens with zero attached hydrogens (tertiary/aromatic N) is 1. The minimum Gasteiger partial charge on any atom is -0.454 e. The normalized spacial score (nSPS) is 30.5. The van der Waals surface area contributed by atoms with Gasteiger partial charge in [-0.05, 0) is 75.3 Å². The van der Waals surface area contributed by atoms with Gasteiger partial charge in [0.15, 0.2) is 11.8 Å².